The van der Waals surface area contributed by atoms with Crippen LogP contribution in [0.3, 0.4) is 0 Å². The topological polar surface area (TPSA) is 26.0 Å². The molecule has 0 saturated heterocycles. The highest BCUT2D eigenvalue weighted by atomic mass is 31.0. The van der Waals surface area contributed by atoms with Gasteiger partial charge in [0.05, 0.1) is 0 Å². The van der Waals surface area contributed by atoms with Gasteiger partial charge >= 0.3 is 0 Å². The van der Waals surface area contributed by atoms with E-state index in [9.17, 15) is 0 Å². The lowest BCUT2D eigenvalue weighted by Crippen LogP contribution is -2.16. The molecule has 0 amide bonds. The molecule has 0 aromatic carbocycles. The lowest BCUT2D eigenvalue weighted by Gasteiger charge is -2.26. The highest BCUT2D eigenvalue weighted by Gasteiger charge is 2.18. The van der Waals surface area contributed by atoms with Crippen LogP contribution in [0, 0.1) is 5.92 Å². The first-order valence-electron chi connectivity index (χ1n) is 5.93. The fourth-order valence-electron chi connectivity index (χ4n) is 2.11. The first kappa shape index (κ1) is 12.8. The molecule has 0 spiro atoms. The second kappa shape index (κ2) is 6.33. The zero-order valence-corrected chi connectivity index (χ0v) is 11.2. The molecule has 0 heterocycles. The van der Waals surface area contributed by atoms with Gasteiger partial charge in [-0.15, -0.1) is 9.24 Å². The van der Waals surface area contributed by atoms with E-state index in [1.807, 2.05) is 6.92 Å². The molecule has 1 rings (SSSR count). The molecule has 3 unspecified atom stereocenters. The summed E-state index contributed by atoms with van der Waals surface area (Å²) in [6.45, 7) is 4.21. The van der Waals surface area contributed by atoms with E-state index in [0.29, 0.717) is 0 Å². The first-order chi connectivity index (χ1) is 7.09. The van der Waals surface area contributed by atoms with Crippen LogP contribution in [0.15, 0.2) is 23.4 Å². The van der Waals surface area contributed by atoms with Crippen molar-refractivity contribution in [3.05, 3.63) is 23.4 Å². The largest absolute Gasteiger partial charge is 0.403 e. The third-order valence-corrected chi connectivity index (χ3v) is 4.13. The van der Waals surface area contributed by atoms with E-state index in [4.69, 9.17) is 5.73 Å². The van der Waals surface area contributed by atoms with Gasteiger partial charge in [-0.05, 0) is 57.5 Å². The Kier molecular flexibility index (Phi) is 5.39. The van der Waals surface area contributed by atoms with Crippen LogP contribution in [-0.4, -0.2) is 5.66 Å². The third-order valence-electron chi connectivity index (χ3n) is 3.25. The molecular weight excluding hydrogens is 201 g/mol. The molecule has 1 nitrogen and oxygen atoms in total. The summed E-state index contributed by atoms with van der Waals surface area (Å²) in [6.07, 6.45) is 10.8. The summed E-state index contributed by atoms with van der Waals surface area (Å²) in [5.41, 5.74) is 8.90. The van der Waals surface area contributed by atoms with E-state index in [-0.39, 0.29) is 0 Å². The van der Waals surface area contributed by atoms with Gasteiger partial charge in [0.15, 0.2) is 0 Å². The van der Waals surface area contributed by atoms with Gasteiger partial charge in [0.2, 0.25) is 0 Å². The van der Waals surface area contributed by atoms with E-state index in [1.165, 1.54) is 25.7 Å². The summed E-state index contributed by atoms with van der Waals surface area (Å²) in [5, 5.41) is 0. The molecule has 3 atom stereocenters. The van der Waals surface area contributed by atoms with Crippen molar-refractivity contribution in [3.8, 4) is 0 Å². The highest BCUT2D eigenvalue weighted by molar-refractivity contribution is 7.17. The monoisotopic (exact) mass is 225 g/mol. The van der Waals surface area contributed by atoms with Crippen molar-refractivity contribution < 1.29 is 0 Å². The maximum atomic E-state index is 5.62. The molecule has 2 N–H and O–H groups in total. The first-order valence-corrected chi connectivity index (χ1v) is 6.59. The van der Waals surface area contributed by atoms with Crippen LogP contribution in [0.5, 0.6) is 0 Å². The maximum absolute atomic E-state index is 5.62. The minimum atomic E-state index is 0.755. The smallest absolute Gasteiger partial charge is 0.000833 e. The van der Waals surface area contributed by atoms with Crippen molar-refractivity contribution in [2.75, 3.05) is 0 Å². The Morgan fingerprint density at radius 2 is 2.47 bits per heavy atom. The van der Waals surface area contributed by atoms with Gasteiger partial charge in [-0.3, -0.25) is 0 Å². The molecule has 1 aliphatic carbocycles. The van der Waals surface area contributed by atoms with Crippen LogP contribution in [-0.2, 0) is 0 Å². The SMILES string of the molecule is CC1=CCC(C(P)CC/C=C(/C)N)CC1. The summed E-state index contributed by atoms with van der Waals surface area (Å²) in [5.74, 6) is 0.866. The van der Waals surface area contributed by atoms with Crippen molar-refractivity contribution >= 4 is 9.24 Å². The molecule has 0 saturated carbocycles. The Hall–Kier alpha value is -0.290. The Labute approximate surface area is 96.4 Å². The van der Waals surface area contributed by atoms with Crippen LogP contribution in [0.1, 0.15) is 46.0 Å². The number of hydrogen-bond acceptors (Lipinski definition) is 1. The fraction of sp³-hybridized carbons (Fsp3) is 0.692. The van der Waals surface area contributed by atoms with Crippen molar-refractivity contribution in [1.29, 1.82) is 0 Å². The summed E-state index contributed by atoms with van der Waals surface area (Å²) >= 11 is 0. The van der Waals surface area contributed by atoms with E-state index in [1.54, 1.807) is 5.57 Å². The molecule has 1 aliphatic rings. The normalized spacial score (nSPS) is 24.9. The second-order valence-corrected chi connectivity index (χ2v) is 5.63. The standard InChI is InChI=1S/C13H24NP/c1-10-6-8-12(9-7-10)13(15)5-3-4-11(2)14/h4,6,12-13H,3,5,7-9,14-15H2,1-2H3/b11-4-. The maximum Gasteiger partial charge on any atom is 0.000833 e. The predicted octanol–water partition coefficient (Wildman–Crippen LogP) is 3.62. The number of hydrogen-bond donors (Lipinski definition) is 1. The molecule has 0 fully saturated rings. The molecule has 0 aromatic rings. The van der Waals surface area contributed by atoms with E-state index in [2.05, 4.69) is 28.3 Å². The summed E-state index contributed by atoms with van der Waals surface area (Å²) in [4.78, 5) is 0. The number of nitrogens with two attached hydrogens (primary N) is 1. The van der Waals surface area contributed by atoms with Crippen LogP contribution in [0.4, 0.5) is 0 Å². The van der Waals surface area contributed by atoms with Crippen LogP contribution in [0.25, 0.3) is 0 Å². The van der Waals surface area contributed by atoms with E-state index >= 15 is 0 Å². The van der Waals surface area contributed by atoms with Crippen molar-refractivity contribution in [3.63, 3.8) is 0 Å². The Bertz CT molecular complexity index is 251. The average Bonchev–Trinajstić information content (AvgIpc) is 2.18. The fourth-order valence-corrected chi connectivity index (χ4v) is 2.66. The molecular formula is C13H24NP. The number of rotatable bonds is 4. The van der Waals surface area contributed by atoms with Crippen molar-refractivity contribution in [2.45, 2.75) is 51.6 Å². The molecule has 0 aliphatic heterocycles. The van der Waals surface area contributed by atoms with E-state index in [0.717, 1.165) is 23.7 Å². The molecule has 2 heteroatoms. The minimum Gasteiger partial charge on any atom is -0.403 e. The van der Waals surface area contributed by atoms with Gasteiger partial charge in [0.1, 0.15) is 0 Å². The lowest BCUT2D eigenvalue weighted by atomic mass is 9.86. The second-order valence-electron chi connectivity index (χ2n) is 4.77. The van der Waals surface area contributed by atoms with Crippen molar-refractivity contribution in [2.24, 2.45) is 11.7 Å². The summed E-state index contributed by atoms with van der Waals surface area (Å²) in [6, 6.07) is 0. The number of allylic oxidation sites excluding steroid dienone is 4. The van der Waals surface area contributed by atoms with Gasteiger partial charge in [-0.25, -0.2) is 0 Å². The summed E-state index contributed by atoms with van der Waals surface area (Å²) < 4.78 is 0. The van der Waals surface area contributed by atoms with Gasteiger partial charge in [0.25, 0.3) is 0 Å². The Morgan fingerprint density at radius 1 is 1.73 bits per heavy atom. The van der Waals surface area contributed by atoms with Crippen LogP contribution in [0.2, 0.25) is 0 Å². The Morgan fingerprint density at radius 3 is 3.00 bits per heavy atom. The average molecular weight is 225 g/mol. The minimum absolute atomic E-state index is 0.755. The van der Waals surface area contributed by atoms with Crippen LogP contribution >= 0.6 is 9.24 Å². The highest BCUT2D eigenvalue weighted by Crippen LogP contribution is 2.31. The lowest BCUT2D eigenvalue weighted by molar-refractivity contribution is 0.438. The molecule has 15 heavy (non-hydrogen) atoms. The third kappa shape index (κ3) is 4.84. The van der Waals surface area contributed by atoms with E-state index < -0.39 is 0 Å². The molecule has 86 valence electrons. The zero-order valence-electron chi connectivity index (χ0n) is 10.00. The van der Waals surface area contributed by atoms with Gasteiger partial charge in [0, 0.05) is 5.70 Å². The molecule has 0 bridgehead atoms. The Balaban J connectivity index is 2.29. The molecule has 0 aromatic heterocycles. The van der Waals surface area contributed by atoms with Gasteiger partial charge < -0.3 is 5.73 Å². The quantitative estimate of drug-likeness (QED) is 0.574. The summed E-state index contributed by atoms with van der Waals surface area (Å²) in [7, 11) is 3.02. The molecule has 0 radical (unpaired) electrons. The van der Waals surface area contributed by atoms with Gasteiger partial charge in [-0.1, -0.05) is 17.7 Å². The van der Waals surface area contributed by atoms with Gasteiger partial charge in [-0.2, -0.15) is 0 Å². The predicted molar refractivity (Wildman–Crippen MR) is 71.8 cm³/mol. The van der Waals surface area contributed by atoms with Crippen LogP contribution < -0.4 is 5.73 Å². The van der Waals surface area contributed by atoms with Crippen molar-refractivity contribution in [1.82, 2.24) is 0 Å². The zero-order chi connectivity index (χ0) is 11.3.